The smallest absolute Gasteiger partial charge is 0.336 e. The number of amides is 1. The quantitative estimate of drug-likeness (QED) is 0.788. The predicted molar refractivity (Wildman–Crippen MR) is 75.7 cm³/mol. The number of carbonyl (C=O) groups is 2. The second-order valence-corrected chi connectivity index (χ2v) is 4.91. The van der Waals surface area contributed by atoms with Crippen LogP contribution in [-0.4, -0.2) is 56.8 Å². The van der Waals surface area contributed by atoms with E-state index in [9.17, 15) is 9.59 Å². The molecule has 1 aromatic carbocycles. The topological polar surface area (TPSA) is 65.1 Å². The minimum Gasteiger partial charge on any atom is -0.496 e. The van der Waals surface area contributed by atoms with Crippen molar-refractivity contribution in [1.82, 2.24) is 4.90 Å². The third-order valence-electron chi connectivity index (χ3n) is 3.21. The Morgan fingerprint density at radius 3 is 2.81 bits per heavy atom. The van der Waals surface area contributed by atoms with Gasteiger partial charge in [-0.05, 0) is 18.2 Å². The average molecular weight is 314 g/mol. The van der Waals surface area contributed by atoms with Gasteiger partial charge >= 0.3 is 5.97 Å². The number of hydrogen-bond donors (Lipinski definition) is 0. The molecule has 0 saturated carbocycles. The molecular formula is C14H16ClNO5. The van der Waals surface area contributed by atoms with Gasteiger partial charge in [0.1, 0.15) is 5.75 Å². The molecule has 7 heteroatoms. The summed E-state index contributed by atoms with van der Waals surface area (Å²) in [6, 6.07) is 4.83. The molecule has 21 heavy (non-hydrogen) atoms. The molecule has 0 aliphatic carbocycles. The van der Waals surface area contributed by atoms with Crippen molar-refractivity contribution in [3.05, 3.63) is 28.8 Å². The van der Waals surface area contributed by atoms with E-state index in [4.69, 9.17) is 21.1 Å². The van der Waals surface area contributed by atoms with E-state index in [2.05, 4.69) is 4.74 Å². The fourth-order valence-electron chi connectivity index (χ4n) is 2.13. The Hall–Kier alpha value is -1.79. The molecule has 2 rings (SSSR count). The second kappa shape index (κ2) is 6.78. The van der Waals surface area contributed by atoms with E-state index in [1.54, 1.807) is 18.2 Å². The zero-order chi connectivity index (χ0) is 15.4. The number of esters is 1. The SMILES string of the molecule is COC(=O)C1CN(C(=O)c2cc(Cl)ccc2OC)CCO1. The molecular weight excluding hydrogens is 298 g/mol. The molecule has 1 saturated heterocycles. The van der Waals surface area contributed by atoms with E-state index in [0.717, 1.165) is 0 Å². The third-order valence-corrected chi connectivity index (χ3v) is 3.44. The number of benzene rings is 1. The number of carbonyl (C=O) groups excluding carboxylic acids is 2. The predicted octanol–water partition coefficient (Wildman–Crippen LogP) is 1.36. The monoisotopic (exact) mass is 313 g/mol. The summed E-state index contributed by atoms with van der Waals surface area (Å²) < 4.78 is 15.1. The van der Waals surface area contributed by atoms with Crippen LogP contribution in [0.4, 0.5) is 0 Å². The minimum absolute atomic E-state index is 0.140. The van der Waals surface area contributed by atoms with Crippen LogP contribution in [0.2, 0.25) is 5.02 Å². The van der Waals surface area contributed by atoms with Crippen LogP contribution in [0.15, 0.2) is 18.2 Å². The Morgan fingerprint density at radius 2 is 2.14 bits per heavy atom. The highest BCUT2D eigenvalue weighted by Gasteiger charge is 2.31. The van der Waals surface area contributed by atoms with E-state index >= 15 is 0 Å². The summed E-state index contributed by atoms with van der Waals surface area (Å²) in [6.07, 6.45) is -0.766. The first-order valence-electron chi connectivity index (χ1n) is 6.39. The summed E-state index contributed by atoms with van der Waals surface area (Å²) in [6.45, 7) is 0.803. The lowest BCUT2D eigenvalue weighted by atomic mass is 10.1. The molecule has 1 heterocycles. The van der Waals surface area contributed by atoms with Crippen molar-refractivity contribution in [2.24, 2.45) is 0 Å². The Labute approximate surface area is 127 Å². The standard InChI is InChI=1S/C14H16ClNO5/c1-19-11-4-3-9(15)7-10(11)13(17)16-5-6-21-12(8-16)14(18)20-2/h3-4,7,12H,5-6,8H2,1-2H3. The molecule has 0 radical (unpaired) electrons. The molecule has 0 bridgehead atoms. The van der Waals surface area contributed by atoms with Gasteiger partial charge in [-0.2, -0.15) is 0 Å². The van der Waals surface area contributed by atoms with Gasteiger partial charge in [0.25, 0.3) is 5.91 Å². The van der Waals surface area contributed by atoms with Crippen molar-refractivity contribution in [3.63, 3.8) is 0 Å². The van der Waals surface area contributed by atoms with Crippen LogP contribution in [0.25, 0.3) is 0 Å². The van der Waals surface area contributed by atoms with Crippen LogP contribution in [0.5, 0.6) is 5.75 Å². The van der Waals surface area contributed by atoms with E-state index < -0.39 is 12.1 Å². The Bertz CT molecular complexity index is 548. The highest BCUT2D eigenvalue weighted by atomic mass is 35.5. The lowest BCUT2D eigenvalue weighted by Gasteiger charge is -2.31. The Kier molecular flexibility index (Phi) is 5.03. The Balaban J connectivity index is 2.19. The van der Waals surface area contributed by atoms with Crippen molar-refractivity contribution in [2.45, 2.75) is 6.10 Å². The number of morpholine rings is 1. The lowest BCUT2D eigenvalue weighted by Crippen LogP contribution is -2.49. The van der Waals surface area contributed by atoms with Crippen molar-refractivity contribution < 1.29 is 23.8 Å². The normalized spacial score (nSPS) is 18.2. The van der Waals surface area contributed by atoms with Crippen molar-refractivity contribution in [2.75, 3.05) is 33.9 Å². The minimum atomic E-state index is -0.766. The lowest BCUT2D eigenvalue weighted by molar-refractivity contribution is -0.158. The molecule has 1 atom stereocenters. The summed E-state index contributed by atoms with van der Waals surface area (Å²) in [4.78, 5) is 25.6. The molecule has 6 nitrogen and oxygen atoms in total. The molecule has 0 N–H and O–H groups in total. The van der Waals surface area contributed by atoms with Gasteiger partial charge in [-0.15, -0.1) is 0 Å². The molecule has 1 amide bonds. The van der Waals surface area contributed by atoms with Gasteiger partial charge in [0.05, 0.1) is 32.9 Å². The van der Waals surface area contributed by atoms with Crippen molar-refractivity contribution in [3.8, 4) is 5.75 Å². The molecule has 1 aliphatic heterocycles. The number of ether oxygens (including phenoxy) is 3. The van der Waals surface area contributed by atoms with E-state index in [0.29, 0.717) is 22.9 Å². The number of nitrogens with zero attached hydrogens (tertiary/aromatic N) is 1. The first kappa shape index (κ1) is 15.6. The van der Waals surface area contributed by atoms with Gasteiger partial charge in [0.2, 0.25) is 0 Å². The van der Waals surface area contributed by atoms with Crippen LogP contribution < -0.4 is 4.74 Å². The maximum Gasteiger partial charge on any atom is 0.336 e. The number of rotatable bonds is 3. The molecule has 1 aromatic rings. The summed E-state index contributed by atoms with van der Waals surface area (Å²) in [5.41, 5.74) is 0.357. The van der Waals surface area contributed by atoms with E-state index in [-0.39, 0.29) is 19.1 Å². The maximum absolute atomic E-state index is 12.6. The van der Waals surface area contributed by atoms with Crippen LogP contribution in [0.3, 0.4) is 0 Å². The molecule has 1 aliphatic rings. The van der Waals surface area contributed by atoms with Gasteiger partial charge in [-0.3, -0.25) is 4.79 Å². The summed E-state index contributed by atoms with van der Waals surface area (Å²) >= 11 is 5.93. The zero-order valence-corrected chi connectivity index (χ0v) is 12.6. The van der Waals surface area contributed by atoms with E-state index in [1.807, 2.05) is 0 Å². The maximum atomic E-state index is 12.6. The zero-order valence-electron chi connectivity index (χ0n) is 11.8. The summed E-state index contributed by atoms with van der Waals surface area (Å²) in [7, 11) is 2.77. The summed E-state index contributed by atoms with van der Waals surface area (Å²) in [5.74, 6) is -0.317. The second-order valence-electron chi connectivity index (χ2n) is 4.48. The third kappa shape index (κ3) is 3.46. The largest absolute Gasteiger partial charge is 0.496 e. The van der Waals surface area contributed by atoms with E-state index in [1.165, 1.54) is 19.1 Å². The molecule has 1 fully saturated rings. The first-order valence-corrected chi connectivity index (χ1v) is 6.77. The molecule has 0 spiro atoms. The van der Waals surface area contributed by atoms with Crippen molar-refractivity contribution >= 4 is 23.5 Å². The first-order chi connectivity index (χ1) is 10.1. The molecule has 114 valence electrons. The van der Waals surface area contributed by atoms with Crippen molar-refractivity contribution in [1.29, 1.82) is 0 Å². The molecule has 0 aromatic heterocycles. The van der Waals surface area contributed by atoms with Gasteiger partial charge in [-0.25, -0.2) is 4.79 Å². The average Bonchev–Trinajstić information content (AvgIpc) is 2.53. The fourth-order valence-corrected chi connectivity index (χ4v) is 2.30. The van der Waals surface area contributed by atoms with Gasteiger partial charge in [0, 0.05) is 11.6 Å². The fraction of sp³-hybridized carbons (Fsp3) is 0.429. The summed E-state index contributed by atoms with van der Waals surface area (Å²) in [5, 5.41) is 0.442. The highest BCUT2D eigenvalue weighted by Crippen LogP contribution is 2.24. The Morgan fingerprint density at radius 1 is 1.38 bits per heavy atom. The highest BCUT2D eigenvalue weighted by molar-refractivity contribution is 6.31. The van der Waals surface area contributed by atoms with Crippen LogP contribution in [0.1, 0.15) is 10.4 Å². The number of hydrogen-bond acceptors (Lipinski definition) is 5. The number of methoxy groups -OCH3 is 2. The van der Waals surface area contributed by atoms with Crippen LogP contribution in [-0.2, 0) is 14.3 Å². The number of halogens is 1. The van der Waals surface area contributed by atoms with Gasteiger partial charge in [-0.1, -0.05) is 11.6 Å². The van der Waals surface area contributed by atoms with Gasteiger partial charge in [0.15, 0.2) is 6.10 Å². The van der Waals surface area contributed by atoms with Gasteiger partial charge < -0.3 is 19.1 Å². The van der Waals surface area contributed by atoms with Crippen LogP contribution in [0, 0.1) is 0 Å². The molecule has 1 unspecified atom stereocenters. The van der Waals surface area contributed by atoms with Crippen LogP contribution >= 0.6 is 11.6 Å².